The predicted octanol–water partition coefficient (Wildman–Crippen LogP) is 0.960. The molecule has 1 aliphatic rings. The highest BCUT2D eigenvalue weighted by Crippen LogP contribution is 2.18. The Bertz CT molecular complexity index is 263. The van der Waals surface area contributed by atoms with Crippen LogP contribution in [0.25, 0.3) is 0 Å². The monoisotopic (exact) mass is 241 g/mol. The molecule has 0 aromatic heterocycles. The fraction of sp³-hybridized carbons (Fsp3) is 0.923. The van der Waals surface area contributed by atoms with Crippen LogP contribution in [0.4, 0.5) is 0 Å². The van der Waals surface area contributed by atoms with Gasteiger partial charge in [-0.25, -0.2) is 0 Å². The molecule has 0 aromatic carbocycles. The van der Waals surface area contributed by atoms with Gasteiger partial charge < -0.3 is 11.1 Å². The molecule has 0 radical (unpaired) electrons. The summed E-state index contributed by atoms with van der Waals surface area (Å²) >= 11 is 0. The predicted molar refractivity (Wildman–Crippen MR) is 70.7 cm³/mol. The second-order valence-electron chi connectivity index (χ2n) is 5.93. The first-order valence-electron chi connectivity index (χ1n) is 6.63. The third-order valence-electron chi connectivity index (χ3n) is 3.78. The number of nitrogens with zero attached hydrogens (tertiary/aromatic N) is 1. The molecule has 1 heterocycles. The first kappa shape index (κ1) is 14.5. The van der Waals surface area contributed by atoms with E-state index in [1.165, 1.54) is 0 Å². The van der Waals surface area contributed by atoms with Gasteiger partial charge in [0.1, 0.15) is 0 Å². The van der Waals surface area contributed by atoms with Crippen molar-refractivity contribution in [1.29, 1.82) is 0 Å². The van der Waals surface area contributed by atoms with Gasteiger partial charge in [-0.05, 0) is 46.1 Å². The largest absolute Gasteiger partial charge is 0.350 e. The number of carbonyl (C=O) groups excluding carboxylic acids is 1. The number of carbonyl (C=O) groups is 1. The van der Waals surface area contributed by atoms with Crippen LogP contribution in [-0.2, 0) is 4.79 Å². The van der Waals surface area contributed by atoms with Crippen LogP contribution in [0.3, 0.4) is 0 Å². The smallest absolute Gasteiger partial charge is 0.234 e. The van der Waals surface area contributed by atoms with E-state index in [9.17, 15) is 4.79 Å². The maximum absolute atomic E-state index is 11.9. The summed E-state index contributed by atoms with van der Waals surface area (Å²) in [7, 11) is 0. The molecule has 1 fully saturated rings. The molecule has 0 saturated carbocycles. The Kier molecular flexibility index (Phi) is 4.95. The van der Waals surface area contributed by atoms with Crippen LogP contribution in [0, 0.1) is 5.92 Å². The van der Waals surface area contributed by atoms with Gasteiger partial charge in [0.15, 0.2) is 0 Å². The lowest BCUT2D eigenvalue weighted by atomic mass is 10.0. The molecule has 2 atom stereocenters. The molecule has 1 rings (SSSR count). The van der Waals surface area contributed by atoms with Gasteiger partial charge in [-0.2, -0.15) is 0 Å². The third kappa shape index (κ3) is 4.64. The SMILES string of the molecule is CCC(C)(C)NC(=O)CN1CCC(C(C)N)C1. The normalized spacial score (nSPS) is 23.7. The van der Waals surface area contributed by atoms with Crippen molar-refractivity contribution in [1.82, 2.24) is 10.2 Å². The molecule has 2 unspecified atom stereocenters. The lowest BCUT2D eigenvalue weighted by Crippen LogP contribution is -2.47. The lowest BCUT2D eigenvalue weighted by Gasteiger charge is -2.26. The first-order chi connectivity index (χ1) is 7.84. The number of nitrogens with two attached hydrogens (primary N) is 1. The summed E-state index contributed by atoms with van der Waals surface area (Å²) < 4.78 is 0. The number of nitrogens with one attached hydrogen (secondary N) is 1. The number of hydrogen-bond donors (Lipinski definition) is 2. The van der Waals surface area contributed by atoms with Crippen molar-refractivity contribution in [3.8, 4) is 0 Å². The van der Waals surface area contributed by atoms with E-state index in [1.807, 2.05) is 0 Å². The average molecular weight is 241 g/mol. The van der Waals surface area contributed by atoms with Crippen molar-refractivity contribution in [3.05, 3.63) is 0 Å². The minimum absolute atomic E-state index is 0.0998. The van der Waals surface area contributed by atoms with Crippen LogP contribution in [0.1, 0.15) is 40.5 Å². The highest BCUT2D eigenvalue weighted by molar-refractivity contribution is 5.78. The highest BCUT2D eigenvalue weighted by atomic mass is 16.2. The van der Waals surface area contributed by atoms with E-state index in [4.69, 9.17) is 5.73 Å². The van der Waals surface area contributed by atoms with Gasteiger partial charge in [-0.3, -0.25) is 9.69 Å². The molecule has 0 bridgehead atoms. The number of amides is 1. The zero-order valence-corrected chi connectivity index (χ0v) is 11.6. The quantitative estimate of drug-likeness (QED) is 0.754. The van der Waals surface area contributed by atoms with E-state index in [2.05, 4.69) is 37.9 Å². The molecule has 17 heavy (non-hydrogen) atoms. The van der Waals surface area contributed by atoms with E-state index >= 15 is 0 Å². The second-order valence-corrected chi connectivity index (χ2v) is 5.93. The summed E-state index contributed by atoms with van der Waals surface area (Å²) in [5.74, 6) is 0.671. The van der Waals surface area contributed by atoms with Crippen LogP contribution < -0.4 is 11.1 Å². The summed E-state index contributed by atoms with van der Waals surface area (Å²) in [5, 5.41) is 3.07. The molecular formula is C13H27N3O. The third-order valence-corrected chi connectivity index (χ3v) is 3.78. The van der Waals surface area contributed by atoms with Gasteiger partial charge in [0.25, 0.3) is 0 Å². The Balaban J connectivity index is 2.34. The minimum Gasteiger partial charge on any atom is -0.350 e. The van der Waals surface area contributed by atoms with Gasteiger partial charge in [0, 0.05) is 18.1 Å². The van der Waals surface area contributed by atoms with Gasteiger partial charge in [-0.15, -0.1) is 0 Å². The van der Waals surface area contributed by atoms with E-state index in [0.717, 1.165) is 25.9 Å². The van der Waals surface area contributed by atoms with E-state index < -0.39 is 0 Å². The van der Waals surface area contributed by atoms with E-state index in [1.54, 1.807) is 0 Å². The summed E-state index contributed by atoms with van der Waals surface area (Å²) in [5.41, 5.74) is 5.79. The topological polar surface area (TPSA) is 58.4 Å². The van der Waals surface area contributed by atoms with Crippen LogP contribution in [0.5, 0.6) is 0 Å². The van der Waals surface area contributed by atoms with Crippen molar-refractivity contribution in [2.75, 3.05) is 19.6 Å². The maximum Gasteiger partial charge on any atom is 0.234 e. The summed E-state index contributed by atoms with van der Waals surface area (Å²) in [6.07, 6.45) is 2.06. The van der Waals surface area contributed by atoms with Crippen LogP contribution in [-0.4, -0.2) is 42.0 Å². The van der Waals surface area contributed by atoms with Crippen molar-refractivity contribution >= 4 is 5.91 Å². The Morgan fingerprint density at radius 1 is 1.59 bits per heavy atom. The molecule has 4 heteroatoms. The number of rotatable bonds is 5. The standard InChI is InChI=1S/C13H27N3O/c1-5-13(3,4)15-12(17)9-16-7-6-11(8-16)10(2)14/h10-11H,5-9,14H2,1-4H3,(H,15,17). The Hall–Kier alpha value is -0.610. The Labute approximate surface area is 105 Å². The Morgan fingerprint density at radius 3 is 2.71 bits per heavy atom. The molecule has 0 aromatic rings. The van der Waals surface area contributed by atoms with E-state index in [0.29, 0.717) is 12.5 Å². The van der Waals surface area contributed by atoms with Crippen LogP contribution in [0.15, 0.2) is 0 Å². The number of likely N-dealkylation sites (tertiary alicyclic amines) is 1. The average Bonchev–Trinajstić information content (AvgIpc) is 2.65. The van der Waals surface area contributed by atoms with Crippen molar-refractivity contribution < 1.29 is 4.79 Å². The molecule has 3 N–H and O–H groups in total. The fourth-order valence-electron chi connectivity index (χ4n) is 2.14. The molecular weight excluding hydrogens is 214 g/mol. The zero-order chi connectivity index (χ0) is 13.1. The number of hydrogen-bond acceptors (Lipinski definition) is 3. The molecule has 0 spiro atoms. The summed E-state index contributed by atoms with van der Waals surface area (Å²) in [6.45, 7) is 10.7. The van der Waals surface area contributed by atoms with Crippen LogP contribution in [0.2, 0.25) is 0 Å². The molecule has 100 valence electrons. The minimum atomic E-state index is -0.0998. The molecule has 4 nitrogen and oxygen atoms in total. The second kappa shape index (κ2) is 5.83. The van der Waals surface area contributed by atoms with E-state index in [-0.39, 0.29) is 17.5 Å². The maximum atomic E-state index is 11.9. The lowest BCUT2D eigenvalue weighted by molar-refractivity contribution is -0.123. The summed E-state index contributed by atoms with van der Waals surface area (Å²) in [6, 6.07) is 0.232. The van der Waals surface area contributed by atoms with Gasteiger partial charge in [0.05, 0.1) is 6.54 Å². The molecule has 1 saturated heterocycles. The van der Waals surface area contributed by atoms with Crippen molar-refractivity contribution in [2.45, 2.75) is 52.1 Å². The summed E-state index contributed by atoms with van der Waals surface area (Å²) in [4.78, 5) is 14.1. The van der Waals surface area contributed by atoms with Gasteiger partial charge >= 0.3 is 0 Å². The van der Waals surface area contributed by atoms with Gasteiger partial charge in [-0.1, -0.05) is 6.92 Å². The zero-order valence-electron chi connectivity index (χ0n) is 11.6. The molecule has 1 aliphatic heterocycles. The molecule has 1 amide bonds. The highest BCUT2D eigenvalue weighted by Gasteiger charge is 2.27. The fourth-order valence-corrected chi connectivity index (χ4v) is 2.14. The van der Waals surface area contributed by atoms with Crippen LogP contribution >= 0.6 is 0 Å². The van der Waals surface area contributed by atoms with Gasteiger partial charge in [0.2, 0.25) is 5.91 Å². The Morgan fingerprint density at radius 2 is 2.24 bits per heavy atom. The molecule has 0 aliphatic carbocycles. The first-order valence-corrected chi connectivity index (χ1v) is 6.63. The van der Waals surface area contributed by atoms with Crippen molar-refractivity contribution in [3.63, 3.8) is 0 Å². The van der Waals surface area contributed by atoms with Crippen molar-refractivity contribution in [2.24, 2.45) is 11.7 Å².